The summed E-state index contributed by atoms with van der Waals surface area (Å²) in [6.07, 6.45) is 2.27. The smallest absolute Gasteiger partial charge is 0.310 e. The Bertz CT molecular complexity index is 2430. The van der Waals surface area contributed by atoms with Gasteiger partial charge in [0.25, 0.3) is 5.69 Å². The van der Waals surface area contributed by atoms with Crippen LogP contribution in [-0.4, -0.2) is 77.0 Å². The minimum Gasteiger partial charge on any atom is -0.493 e. The number of ketones is 3. The molecule has 1 aliphatic carbocycles. The number of hydrogen-bond acceptors (Lipinski definition) is 13. The van der Waals surface area contributed by atoms with Crippen LogP contribution in [0.15, 0.2) is 102 Å². The normalized spacial score (nSPS) is 16.1. The van der Waals surface area contributed by atoms with Crippen molar-refractivity contribution in [1.82, 2.24) is 4.31 Å². The van der Waals surface area contributed by atoms with Crippen molar-refractivity contribution in [1.29, 1.82) is 0 Å². The van der Waals surface area contributed by atoms with E-state index >= 15 is 0 Å². The first kappa shape index (κ1) is 56.0. The van der Waals surface area contributed by atoms with E-state index in [0.29, 0.717) is 67.8 Å². The number of non-ortho nitro benzene ring substituents is 1. The lowest BCUT2D eigenvalue weighted by Crippen LogP contribution is -2.42. The van der Waals surface area contributed by atoms with Crippen molar-refractivity contribution in [2.45, 2.75) is 122 Å². The summed E-state index contributed by atoms with van der Waals surface area (Å²) in [5.41, 5.74) is 2.08. The number of amides is 1. The van der Waals surface area contributed by atoms with Gasteiger partial charge in [0.1, 0.15) is 11.9 Å². The van der Waals surface area contributed by atoms with Crippen LogP contribution in [0.2, 0.25) is 0 Å². The highest BCUT2D eigenvalue weighted by molar-refractivity contribution is 7.97. The Hall–Kier alpha value is -5.90. The molecule has 71 heavy (non-hydrogen) atoms. The maximum atomic E-state index is 14.2. The van der Waals surface area contributed by atoms with E-state index in [1.165, 1.54) is 24.1 Å². The van der Waals surface area contributed by atoms with E-state index in [9.17, 15) is 39.2 Å². The van der Waals surface area contributed by atoms with Crippen molar-refractivity contribution in [2.75, 3.05) is 32.6 Å². The average molecular weight is 994 g/mol. The number of nitrogens with one attached hydrogen (secondary N) is 1. The zero-order valence-electron chi connectivity index (χ0n) is 42.2. The number of ether oxygens (including phenoxy) is 3. The fourth-order valence-corrected chi connectivity index (χ4v) is 10.0. The summed E-state index contributed by atoms with van der Waals surface area (Å²) in [7, 11) is 3.12. The second-order valence-electron chi connectivity index (χ2n) is 19.6. The molecule has 1 saturated carbocycles. The zero-order valence-corrected chi connectivity index (χ0v) is 43.0. The zero-order chi connectivity index (χ0) is 51.7. The van der Waals surface area contributed by atoms with E-state index < -0.39 is 57.8 Å². The molecule has 0 spiro atoms. The maximum Gasteiger partial charge on any atom is 0.310 e. The minimum atomic E-state index is -0.908. The molecule has 382 valence electrons. The molecule has 5 unspecified atom stereocenters. The Morgan fingerprint density at radius 1 is 0.845 bits per heavy atom. The number of Topliss-reactive ketones (excluding diaryl/α,β-unsaturated/α-hetero) is 3. The van der Waals surface area contributed by atoms with Gasteiger partial charge in [0.05, 0.1) is 31.2 Å². The molecule has 4 aromatic rings. The van der Waals surface area contributed by atoms with E-state index in [2.05, 4.69) is 19.2 Å². The average Bonchev–Trinajstić information content (AvgIpc) is 3.36. The molecule has 14 nitrogen and oxygen atoms in total. The number of aliphatic hydroxyl groups excluding tert-OH is 1. The molecule has 4 aromatic carbocycles. The lowest BCUT2D eigenvalue weighted by molar-refractivity contribution is -0.384. The summed E-state index contributed by atoms with van der Waals surface area (Å²) >= 11 is 1.40. The number of carbonyl (C=O) groups is 5. The number of carbonyl (C=O) groups excluding carboxylic acids is 5. The maximum absolute atomic E-state index is 14.2. The molecule has 1 aliphatic rings. The highest BCUT2D eigenvalue weighted by Gasteiger charge is 2.43. The van der Waals surface area contributed by atoms with Crippen LogP contribution in [0.5, 0.6) is 11.5 Å². The van der Waals surface area contributed by atoms with Crippen molar-refractivity contribution in [3.05, 3.63) is 124 Å². The molecule has 0 aliphatic heterocycles. The monoisotopic (exact) mass is 993 g/mol. The number of anilines is 1. The number of methoxy groups -OCH3 is 2. The number of rotatable bonds is 28. The van der Waals surface area contributed by atoms with Crippen LogP contribution in [0.4, 0.5) is 11.4 Å². The number of aryl methyl sites for hydroxylation is 1. The molecule has 1 fully saturated rings. The van der Waals surface area contributed by atoms with Crippen LogP contribution in [0, 0.1) is 39.2 Å². The summed E-state index contributed by atoms with van der Waals surface area (Å²) in [5, 5.41) is 25.9. The predicted octanol–water partition coefficient (Wildman–Crippen LogP) is 10.8. The highest BCUT2D eigenvalue weighted by Crippen LogP contribution is 2.38. The summed E-state index contributed by atoms with van der Waals surface area (Å²) in [4.78, 5) is 80.0. The number of hydrogen-bond donors (Lipinski definition) is 2. The fourth-order valence-electron chi connectivity index (χ4n) is 8.88. The van der Waals surface area contributed by atoms with Gasteiger partial charge in [-0.15, -0.1) is 0 Å². The van der Waals surface area contributed by atoms with Gasteiger partial charge in [0.2, 0.25) is 17.5 Å². The second kappa shape index (κ2) is 27.1. The fraction of sp³-hybridized carbons (Fsp3) is 0.482. The van der Waals surface area contributed by atoms with Crippen LogP contribution >= 0.6 is 11.9 Å². The first-order valence-electron chi connectivity index (χ1n) is 24.7. The lowest BCUT2D eigenvalue weighted by atomic mass is 9.72. The molecule has 0 aromatic heterocycles. The van der Waals surface area contributed by atoms with E-state index in [0.717, 1.165) is 28.9 Å². The van der Waals surface area contributed by atoms with Crippen molar-refractivity contribution in [3.63, 3.8) is 0 Å². The Morgan fingerprint density at radius 3 is 2.18 bits per heavy atom. The Morgan fingerprint density at radius 2 is 1.54 bits per heavy atom. The number of nitro groups is 1. The number of esters is 1. The predicted molar refractivity (Wildman–Crippen MR) is 275 cm³/mol. The molecule has 15 heteroatoms. The molecule has 5 rings (SSSR count). The molecule has 0 heterocycles. The number of benzene rings is 4. The van der Waals surface area contributed by atoms with Gasteiger partial charge < -0.3 is 24.6 Å². The summed E-state index contributed by atoms with van der Waals surface area (Å²) in [6.45, 7) is 10.4. The molecular weight excluding hydrogens is 923 g/mol. The van der Waals surface area contributed by atoms with Gasteiger partial charge in [-0.2, -0.15) is 0 Å². The van der Waals surface area contributed by atoms with Gasteiger partial charge in [0.15, 0.2) is 11.5 Å². The summed E-state index contributed by atoms with van der Waals surface area (Å²) in [6, 6.07) is 28.5. The number of nitrogens with zero attached hydrogens (tertiary/aromatic N) is 2. The summed E-state index contributed by atoms with van der Waals surface area (Å²) < 4.78 is 19.3. The number of aliphatic hydroxyl groups is 1. The lowest BCUT2D eigenvalue weighted by Gasteiger charge is -2.32. The van der Waals surface area contributed by atoms with Crippen LogP contribution in [0.1, 0.15) is 115 Å². The van der Waals surface area contributed by atoms with Crippen LogP contribution in [0.25, 0.3) is 0 Å². The van der Waals surface area contributed by atoms with E-state index in [-0.39, 0.29) is 49.1 Å². The van der Waals surface area contributed by atoms with E-state index in [4.69, 9.17) is 14.2 Å². The van der Waals surface area contributed by atoms with Gasteiger partial charge in [-0.1, -0.05) is 96.0 Å². The molecule has 0 radical (unpaired) electrons. The second-order valence-corrected chi connectivity index (χ2v) is 20.8. The van der Waals surface area contributed by atoms with Crippen LogP contribution in [0.3, 0.4) is 0 Å². The van der Waals surface area contributed by atoms with Crippen LogP contribution in [-0.2, 0) is 41.6 Å². The highest BCUT2D eigenvalue weighted by atomic mass is 32.2. The third-order valence-corrected chi connectivity index (χ3v) is 14.4. The van der Waals surface area contributed by atoms with E-state index in [1.807, 2.05) is 65.8 Å². The number of nitro benzene ring substituents is 1. The van der Waals surface area contributed by atoms with Gasteiger partial charge in [-0.05, 0) is 115 Å². The topological polar surface area (TPSA) is 192 Å². The Balaban J connectivity index is 1.28. The molecule has 1 amide bonds. The van der Waals surface area contributed by atoms with E-state index in [1.54, 1.807) is 58.4 Å². The molecule has 5 atom stereocenters. The Labute approximate surface area is 422 Å². The van der Waals surface area contributed by atoms with Crippen molar-refractivity contribution >= 4 is 52.5 Å². The van der Waals surface area contributed by atoms with Crippen molar-refractivity contribution < 1.29 is 48.2 Å². The first-order chi connectivity index (χ1) is 33.9. The third kappa shape index (κ3) is 16.9. The molecule has 2 N–H and O–H groups in total. The van der Waals surface area contributed by atoms with Crippen LogP contribution < -0.4 is 14.8 Å². The van der Waals surface area contributed by atoms with Gasteiger partial charge in [-0.25, -0.2) is 4.31 Å². The van der Waals surface area contributed by atoms with Gasteiger partial charge >= 0.3 is 5.97 Å². The van der Waals surface area contributed by atoms with Gasteiger partial charge in [0, 0.05) is 66.4 Å². The largest absolute Gasteiger partial charge is 0.493 e. The molecule has 0 saturated heterocycles. The molecule has 0 bridgehead atoms. The minimum absolute atomic E-state index is 0.00917. The summed E-state index contributed by atoms with van der Waals surface area (Å²) in [5.74, 6) is -2.71. The SMILES string of the molecule is CCC(C)(C)C(=O)C(=O)C1CCCCC1C(=O)OC(CCc1ccc(OC)c(OC)c1)c1cccc(NC(=O)CCC(=O)CC(Cc2ccccc2)C(O)CN(CC(C)C)Sc2ccc([N+](=O)[O-])cc2)c1. The Kier molecular flexibility index (Phi) is 21.4. The quantitative estimate of drug-likeness (QED) is 0.0180. The molecular formula is C56H71N3O11S. The van der Waals surface area contributed by atoms with Gasteiger partial charge in [-0.3, -0.25) is 34.1 Å². The van der Waals surface area contributed by atoms with Crippen molar-refractivity contribution in [2.24, 2.45) is 29.1 Å². The third-order valence-electron chi connectivity index (χ3n) is 13.3. The first-order valence-corrected chi connectivity index (χ1v) is 25.5. The standard InChI is InChI=1S/C56H71N3O11S/c1-8-56(4,5)54(64)53(63)46-19-12-13-20-47(46)55(65)70-49(28-21-39-22-29-50(68-6)51(32-39)69-7)40-17-14-18-42(33-40)57-52(62)30-25-44(60)34-41(31-38-15-10-9-11-16-38)48(61)36-58(35-37(2)3)71-45-26-23-43(24-27-45)59(66)67/h9-11,14-18,22-24,26-27,29,32-33,37,41,46-49,61H,8,12-13,19-21,25,28,30-31,34-36H2,1-7H3,(H,57,62). The van der Waals surface area contributed by atoms with Crippen molar-refractivity contribution in [3.8, 4) is 11.5 Å².